The van der Waals surface area contributed by atoms with Crippen LogP contribution in [-0.2, 0) is 0 Å². The van der Waals surface area contributed by atoms with E-state index in [2.05, 4.69) is 16.7 Å². The van der Waals surface area contributed by atoms with Crippen molar-refractivity contribution in [1.82, 2.24) is 4.90 Å². The summed E-state index contributed by atoms with van der Waals surface area (Å²) in [7, 11) is 0. The third-order valence-corrected chi connectivity index (χ3v) is 3.33. The summed E-state index contributed by atoms with van der Waals surface area (Å²) in [5.41, 5.74) is 0.992. The van der Waals surface area contributed by atoms with E-state index in [1.165, 1.54) is 6.07 Å². The molecule has 0 amide bonds. The Morgan fingerprint density at radius 1 is 1.28 bits per heavy atom. The summed E-state index contributed by atoms with van der Waals surface area (Å²) < 4.78 is 13.9. The van der Waals surface area contributed by atoms with Crippen molar-refractivity contribution in [2.75, 3.05) is 37.6 Å². The van der Waals surface area contributed by atoms with E-state index in [1.54, 1.807) is 12.1 Å². The van der Waals surface area contributed by atoms with Gasteiger partial charge in [-0.15, -0.1) is 0 Å². The second kappa shape index (κ2) is 5.83. The van der Waals surface area contributed by atoms with E-state index in [-0.39, 0.29) is 5.82 Å². The molecule has 1 heterocycles. The highest BCUT2D eigenvalue weighted by molar-refractivity contribution is 5.51. The zero-order chi connectivity index (χ0) is 13.0. The van der Waals surface area contributed by atoms with Gasteiger partial charge in [0.05, 0.1) is 17.3 Å². The fourth-order valence-electron chi connectivity index (χ4n) is 2.36. The van der Waals surface area contributed by atoms with Crippen LogP contribution in [0.25, 0.3) is 0 Å². The fraction of sp³-hybridized carbons (Fsp3) is 0.500. The molecule has 0 saturated carbocycles. The van der Waals surface area contributed by atoms with Gasteiger partial charge in [-0.2, -0.15) is 5.26 Å². The molecule has 3 nitrogen and oxygen atoms in total. The molecule has 1 aliphatic rings. The lowest BCUT2D eigenvalue weighted by atomic mass is 10.2. The number of rotatable bonds is 3. The third kappa shape index (κ3) is 2.80. The molecule has 0 aliphatic carbocycles. The average molecular weight is 247 g/mol. The lowest BCUT2D eigenvalue weighted by Gasteiger charge is -2.36. The Kier molecular flexibility index (Phi) is 4.16. The van der Waals surface area contributed by atoms with Gasteiger partial charge in [-0.1, -0.05) is 6.92 Å². The van der Waals surface area contributed by atoms with Crippen molar-refractivity contribution in [2.45, 2.75) is 13.3 Å². The minimum Gasteiger partial charge on any atom is -0.367 e. The minimum absolute atomic E-state index is 0.294. The average Bonchev–Trinajstić information content (AvgIpc) is 2.40. The quantitative estimate of drug-likeness (QED) is 0.820. The predicted molar refractivity (Wildman–Crippen MR) is 70.1 cm³/mol. The van der Waals surface area contributed by atoms with Crippen LogP contribution in [0.15, 0.2) is 18.2 Å². The summed E-state index contributed by atoms with van der Waals surface area (Å²) in [6.45, 7) is 6.95. The molecule has 2 rings (SSSR count). The van der Waals surface area contributed by atoms with Crippen LogP contribution in [0.2, 0.25) is 0 Å². The summed E-state index contributed by atoms with van der Waals surface area (Å²) in [5, 5.41) is 8.72. The summed E-state index contributed by atoms with van der Waals surface area (Å²) in [6.07, 6.45) is 1.16. The van der Waals surface area contributed by atoms with Crippen molar-refractivity contribution in [3.63, 3.8) is 0 Å². The Morgan fingerprint density at radius 2 is 2.00 bits per heavy atom. The molecular formula is C14H18FN3. The summed E-state index contributed by atoms with van der Waals surface area (Å²) in [4.78, 5) is 4.46. The second-order valence-electron chi connectivity index (χ2n) is 4.61. The van der Waals surface area contributed by atoms with Crippen LogP contribution in [-0.4, -0.2) is 37.6 Å². The van der Waals surface area contributed by atoms with Crippen molar-refractivity contribution >= 4 is 5.69 Å². The van der Waals surface area contributed by atoms with Gasteiger partial charge in [0.1, 0.15) is 5.82 Å². The predicted octanol–water partition coefficient (Wildman–Crippen LogP) is 2.23. The van der Waals surface area contributed by atoms with Gasteiger partial charge < -0.3 is 4.90 Å². The Balaban J connectivity index is 2.04. The monoisotopic (exact) mass is 247 g/mol. The Labute approximate surface area is 107 Å². The van der Waals surface area contributed by atoms with E-state index in [1.807, 2.05) is 6.07 Å². The number of halogens is 1. The van der Waals surface area contributed by atoms with Crippen LogP contribution >= 0.6 is 0 Å². The lowest BCUT2D eigenvalue weighted by Crippen LogP contribution is -2.46. The number of nitriles is 1. The zero-order valence-electron chi connectivity index (χ0n) is 10.7. The van der Waals surface area contributed by atoms with Gasteiger partial charge in [0.25, 0.3) is 0 Å². The molecule has 1 aliphatic heterocycles. The molecular weight excluding hydrogens is 229 g/mol. The number of piperazine rings is 1. The Hall–Kier alpha value is -1.60. The van der Waals surface area contributed by atoms with Gasteiger partial charge in [0.15, 0.2) is 0 Å². The molecule has 0 atom stereocenters. The molecule has 1 aromatic carbocycles. The first-order chi connectivity index (χ1) is 8.74. The van der Waals surface area contributed by atoms with Gasteiger partial charge in [-0.3, -0.25) is 4.90 Å². The van der Waals surface area contributed by atoms with E-state index < -0.39 is 0 Å². The minimum atomic E-state index is -0.294. The van der Waals surface area contributed by atoms with Crippen molar-refractivity contribution in [2.24, 2.45) is 0 Å². The van der Waals surface area contributed by atoms with Crippen LogP contribution < -0.4 is 4.90 Å². The number of anilines is 1. The van der Waals surface area contributed by atoms with E-state index >= 15 is 0 Å². The number of benzene rings is 1. The maximum atomic E-state index is 13.9. The first-order valence-corrected chi connectivity index (χ1v) is 6.41. The van der Waals surface area contributed by atoms with E-state index in [0.717, 1.165) is 39.1 Å². The van der Waals surface area contributed by atoms with Crippen molar-refractivity contribution in [1.29, 1.82) is 5.26 Å². The molecule has 0 radical (unpaired) electrons. The number of hydrogen-bond acceptors (Lipinski definition) is 3. The van der Waals surface area contributed by atoms with Crippen LogP contribution in [0.4, 0.5) is 10.1 Å². The summed E-state index contributed by atoms with van der Waals surface area (Å²) in [5.74, 6) is -0.294. The molecule has 0 bridgehead atoms. The molecule has 96 valence electrons. The van der Waals surface area contributed by atoms with Crippen LogP contribution in [0.5, 0.6) is 0 Å². The normalized spacial score (nSPS) is 16.6. The maximum absolute atomic E-state index is 13.9. The topological polar surface area (TPSA) is 30.3 Å². The van der Waals surface area contributed by atoms with Crippen LogP contribution in [0.3, 0.4) is 0 Å². The molecule has 1 fully saturated rings. The first-order valence-electron chi connectivity index (χ1n) is 6.41. The van der Waals surface area contributed by atoms with E-state index in [4.69, 9.17) is 5.26 Å². The molecule has 1 aromatic rings. The molecule has 0 aromatic heterocycles. The molecule has 0 spiro atoms. The first kappa shape index (κ1) is 12.8. The third-order valence-electron chi connectivity index (χ3n) is 3.33. The van der Waals surface area contributed by atoms with Crippen molar-refractivity contribution in [3.05, 3.63) is 29.6 Å². The van der Waals surface area contributed by atoms with E-state index in [0.29, 0.717) is 11.3 Å². The molecule has 1 saturated heterocycles. The molecule has 4 heteroatoms. The van der Waals surface area contributed by atoms with E-state index in [9.17, 15) is 4.39 Å². The van der Waals surface area contributed by atoms with Crippen LogP contribution in [0.1, 0.15) is 18.9 Å². The van der Waals surface area contributed by atoms with Crippen molar-refractivity contribution in [3.8, 4) is 6.07 Å². The highest BCUT2D eigenvalue weighted by Gasteiger charge is 2.18. The maximum Gasteiger partial charge on any atom is 0.147 e. The van der Waals surface area contributed by atoms with Gasteiger partial charge in [-0.25, -0.2) is 4.39 Å². The zero-order valence-corrected chi connectivity index (χ0v) is 10.7. The van der Waals surface area contributed by atoms with Crippen LogP contribution in [0, 0.1) is 17.1 Å². The number of hydrogen-bond donors (Lipinski definition) is 0. The molecule has 0 N–H and O–H groups in total. The summed E-state index contributed by atoms with van der Waals surface area (Å²) >= 11 is 0. The SMILES string of the molecule is CCCN1CCN(c2ccc(C#N)cc2F)CC1. The standard InChI is InChI=1S/C14H18FN3/c1-2-5-17-6-8-18(9-7-17)14-4-3-12(11-16)10-13(14)15/h3-4,10H,2,5-9H2,1H3. The number of nitrogens with zero attached hydrogens (tertiary/aromatic N) is 3. The van der Waals surface area contributed by atoms with Gasteiger partial charge >= 0.3 is 0 Å². The van der Waals surface area contributed by atoms with Gasteiger partial charge in [0, 0.05) is 26.2 Å². The summed E-state index contributed by atoms with van der Waals surface area (Å²) in [6, 6.07) is 6.66. The smallest absolute Gasteiger partial charge is 0.147 e. The molecule has 18 heavy (non-hydrogen) atoms. The highest BCUT2D eigenvalue weighted by atomic mass is 19.1. The van der Waals surface area contributed by atoms with Crippen molar-refractivity contribution < 1.29 is 4.39 Å². The largest absolute Gasteiger partial charge is 0.367 e. The molecule has 0 unspecified atom stereocenters. The second-order valence-corrected chi connectivity index (χ2v) is 4.61. The Morgan fingerprint density at radius 3 is 2.56 bits per heavy atom. The fourth-order valence-corrected chi connectivity index (χ4v) is 2.36. The Bertz CT molecular complexity index is 445. The lowest BCUT2D eigenvalue weighted by molar-refractivity contribution is 0.258. The highest BCUT2D eigenvalue weighted by Crippen LogP contribution is 2.21. The van der Waals surface area contributed by atoms with Gasteiger partial charge in [-0.05, 0) is 31.2 Å². The van der Waals surface area contributed by atoms with Gasteiger partial charge in [0.2, 0.25) is 0 Å².